The van der Waals surface area contributed by atoms with Gasteiger partial charge in [-0.25, -0.2) is 0 Å². The summed E-state index contributed by atoms with van der Waals surface area (Å²) in [5.41, 5.74) is 1.76. The molecule has 1 amide bonds. The highest BCUT2D eigenvalue weighted by Crippen LogP contribution is 2.14. The van der Waals surface area contributed by atoms with Crippen LogP contribution < -0.4 is 4.74 Å². The topological polar surface area (TPSA) is 46.6 Å². The van der Waals surface area contributed by atoms with Gasteiger partial charge in [0.05, 0.1) is 0 Å². The molecule has 0 radical (unpaired) electrons. The Bertz CT molecular complexity index is 665. The molecule has 0 N–H and O–H groups in total. The maximum absolute atomic E-state index is 12.3. The van der Waals surface area contributed by atoms with E-state index in [0.717, 1.165) is 5.56 Å². The summed E-state index contributed by atoms with van der Waals surface area (Å²) in [5.74, 6) is 0.625. The first-order valence-electron chi connectivity index (χ1n) is 8.21. The standard InChI is InChI=1S/C20H23NO3/c1-3-19(22)17-10-12-18(13-11-17)24-15-20(23)21(4-2)14-16-8-6-5-7-9-16/h5-13H,3-4,14-15H2,1-2H3. The van der Waals surface area contributed by atoms with Crippen molar-refractivity contribution in [2.24, 2.45) is 0 Å². The average Bonchev–Trinajstić information content (AvgIpc) is 2.64. The van der Waals surface area contributed by atoms with E-state index in [4.69, 9.17) is 4.74 Å². The molecule has 0 aliphatic rings. The van der Waals surface area contributed by atoms with E-state index in [9.17, 15) is 9.59 Å². The van der Waals surface area contributed by atoms with Gasteiger partial charge >= 0.3 is 0 Å². The average molecular weight is 325 g/mol. The van der Waals surface area contributed by atoms with Gasteiger partial charge in [0.25, 0.3) is 5.91 Å². The summed E-state index contributed by atoms with van der Waals surface area (Å²) in [5, 5.41) is 0. The van der Waals surface area contributed by atoms with Crippen molar-refractivity contribution in [3.8, 4) is 5.75 Å². The van der Waals surface area contributed by atoms with Crippen molar-refractivity contribution in [2.45, 2.75) is 26.8 Å². The SMILES string of the molecule is CCC(=O)c1ccc(OCC(=O)N(CC)Cc2ccccc2)cc1. The van der Waals surface area contributed by atoms with E-state index in [0.29, 0.717) is 30.8 Å². The molecule has 0 aromatic heterocycles. The van der Waals surface area contributed by atoms with Gasteiger partial charge in [-0.15, -0.1) is 0 Å². The summed E-state index contributed by atoms with van der Waals surface area (Å²) < 4.78 is 5.55. The lowest BCUT2D eigenvalue weighted by atomic mass is 10.1. The van der Waals surface area contributed by atoms with Gasteiger partial charge in [0.2, 0.25) is 0 Å². The van der Waals surface area contributed by atoms with Gasteiger partial charge < -0.3 is 9.64 Å². The number of likely N-dealkylation sites (N-methyl/N-ethyl adjacent to an activating group) is 1. The zero-order valence-electron chi connectivity index (χ0n) is 14.2. The Labute approximate surface area is 143 Å². The third-order valence-corrected chi connectivity index (χ3v) is 3.81. The fourth-order valence-corrected chi connectivity index (χ4v) is 2.36. The highest BCUT2D eigenvalue weighted by molar-refractivity contribution is 5.95. The molecule has 0 saturated carbocycles. The Morgan fingerprint density at radius 1 is 0.958 bits per heavy atom. The third-order valence-electron chi connectivity index (χ3n) is 3.81. The first kappa shape index (κ1) is 17.7. The van der Waals surface area contributed by atoms with Gasteiger partial charge in [0, 0.05) is 25.1 Å². The highest BCUT2D eigenvalue weighted by Gasteiger charge is 2.13. The molecule has 2 aromatic carbocycles. The van der Waals surface area contributed by atoms with Crippen LogP contribution in [0.3, 0.4) is 0 Å². The van der Waals surface area contributed by atoms with Crippen molar-refractivity contribution in [2.75, 3.05) is 13.2 Å². The summed E-state index contributed by atoms with van der Waals surface area (Å²) in [7, 11) is 0. The maximum Gasteiger partial charge on any atom is 0.260 e. The molecule has 2 aromatic rings. The van der Waals surface area contributed by atoms with Crippen molar-refractivity contribution >= 4 is 11.7 Å². The molecule has 0 heterocycles. The number of amides is 1. The van der Waals surface area contributed by atoms with Crippen LogP contribution in [0.5, 0.6) is 5.75 Å². The monoisotopic (exact) mass is 325 g/mol. The van der Waals surface area contributed by atoms with E-state index < -0.39 is 0 Å². The van der Waals surface area contributed by atoms with Crippen LogP contribution in [0.4, 0.5) is 0 Å². The molecule has 4 heteroatoms. The second-order valence-electron chi connectivity index (χ2n) is 5.48. The molecule has 2 rings (SSSR count). The summed E-state index contributed by atoms with van der Waals surface area (Å²) in [4.78, 5) is 25.7. The quantitative estimate of drug-likeness (QED) is 0.695. The highest BCUT2D eigenvalue weighted by atomic mass is 16.5. The number of hydrogen-bond donors (Lipinski definition) is 0. The number of ether oxygens (including phenoxy) is 1. The molecule has 126 valence electrons. The van der Waals surface area contributed by atoms with Crippen molar-refractivity contribution in [3.63, 3.8) is 0 Å². The molecule has 0 fully saturated rings. The Hall–Kier alpha value is -2.62. The van der Waals surface area contributed by atoms with Gasteiger partial charge in [-0.1, -0.05) is 37.3 Å². The number of nitrogens with zero attached hydrogens (tertiary/aromatic N) is 1. The number of Topliss-reactive ketones (excluding diaryl/α,β-unsaturated/α-hetero) is 1. The molecule has 0 aliphatic carbocycles. The first-order valence-corrected chi connectivity index (χ1v) is 8.21. The lowest BCUT2D eigenvalue weighted by molar-refractivity contribution is -0.133. The minimum atomic E-state index is -0.0601. The van der Waals surface area contributed by atoms with Gasteiger partial charge in [0.1, 0.15) is 5.75 Å². The van der Waals surface area contributed by atoms with Gasteiger partial charge in [-0.2, -0.15) is 0 Å². The minimum absolute atomic E-state index is 0.0122. The first-order chi connectivity index (χ1) is 11.6. The van der Waals surface area contributed by atoms with E-state index >= 15 is 0 Å². The molecular formula is C20H23NO3. The summed E-state index contributed by atoms with van der Waals surface area (Å²) in [6.45, 7) is 4.97. The largest absolute Gasteiger partial charge is 0.484 e. The van der Waals surface area contributed by atoms with Crippen molar-refractivity contribution in [1.29, 1.82) is 0 Å². The zero-order valence-corrected chi connectivity index (χ0v) is 14.2. The number of carbonyl (C=O) groups excluding carboxylic acids is 2. The number of carbonyl (C=O) groups is 2. The molecule has 0 spiro atoms. The fraction of sp³-hybridized carbons (Fsp3) is 0.300. The number of rotatable bonds is 8. The Morgan fingerprint density at radius 2 is 1.62 bits per heavy atom. The molecule has 0 atom stereocenters. The Balaban J connectivity index is 1.90. The van der Waals surface area contributed by atoms with Crippen LogP contribution in [0.15, 0.2) is 54.6 Å². The number of hydrogen-bond acceptors (Lipinski definition) is 3. The predicted molar refractivity (Wildman–Crippen MR) is 94.1 cm³/mol. The van der Waals surface area contributed by atoms with Crippen LogP contribution in [0.2, 0.25) is 0 Å². The summed E-state index contributed by atoms with van der Waals surface area (Å²) in [6.07, 6.45) is 0.476. The molecule has 24 heavy (non-hydrogen) atoms. The molecule has 0 bridgehead atoms. The van der Waals surface area contributed by atoms with E-state index in [1.807, 2.05) is 44.2 Å². The smallest absolute Gasteiger partial charge is 0.260 e. The van der Waals surface area contributed by atoms with E-state index in [-0.39, 0.29) is 18.3 Å². The van der Waals surface area contributed by atoms with Crippen LogP contribution in [0, 0.1) is 0 Å². The number of ketones is 1. The maximum atomic E-state index is 12.3. The van der Waals surface area contributed by atoms with Gasteiger partial charge in [-0.05, 0) is 36.8 Å². The Morgan fingerprint density at radius 3 is 2.21 bits per heavy atom. The molecule has 0 unspecified atom stereocenters. The lowest BCUT2D eigenvalue weighted by Gasteiger charge is -2.21. The summed E-state index contributed by atoms with van der Waals surface area (Å²) >= 11 is 0. The number of benzene rings is 2. The molecular weight excluding hydrogens is 302 g/mol. The fourth-order valence-electron chi connectivity index (χ4n) is 2.36. The normalized spacial score (nSPS) is 10.2. The van der Waals surface area contributed by atoms with Crippen LogP contribution >= 0.6 is 0 Å². The van der Waals surface area contributed by atoms with E-state index in [1.165, 1.54) is 0 Å². The van der Waals surface area contributed by atoms with Crippen LogP contribution in [0.25, 0.3) is 0 Å². The predicted octanol–water partition coefficient (Wildman–Crippen LogP) is 3.71. The zero-order chi connectivity index (χ0) is 17.4. The molecule has 4 nitrogen and oxygen atoms in total. The molecule has 0 aliphatic heterocycles. The van der Waals surface area contributed by atoms with Crippen molar-refractivity contribution in [3.05, 3.63) is 65.7 Å². The van der Waals surface area contributed by atoms with Gasteiger partial charge in [-0.3, -0.25) is 9.59 Å². The van der Waals surface area contributed by atoms with Crippen LogP contribution in [-0.2, 0) is 11.3 Å². The molecule has 0 saturated heterocycles. The second kappa shape index (κ2) is 8.87. The van der Waals surface area contributed by atoms with E-state index in [2.05, 4.69) is 0 Å². The lowest BCUT2D eigenvalue weighted by Crippen LogP contribution is -2.34. The van der Waals surface area contributed by atoms with Crippen LogP contribution in [-0.4, -0.2) is 29.7 Å². The summed E-state index contributed by atoms with van der Waals surface area (Å²) in [6, 6.07) is 16.8. The third kappa shape index (κ3) is 4.95. The van der Waals surface area contributed by atoms with Crippen molar-refractivity contribution < 1.29 is 14.3 Å². The van der Waals surface area contributed by atoms with Crippen LogP contribution in [0.1, 0.15) is 36.2 Å². The van der Waals surface area contributed by atoms with E-state index in [1.54, 1.807) is 29.2 Å². The minimum Gasteiger partial charge on any atom is -0.484 e. The van der Waals surface area contributed by atoms with Gasteiger partial charge in [0.15, 0.2) is 12.4 Å². The Kier molecular flexibility index (Phi) is 6.55. The van der Waals surface area contributed by atoms with Crippen molar-refractivity contribution in [1.82, 2.24) is 4.90 Å². The second-order valence-corrected chi connectivity index (χ2v) is 5.48.